The van der Waals surface area contributed by atoms with E-state index in [1.54, 1.807) is 30.6 Å². The van der Waals surface area contributed by atoms with Crippen molar-refractivity contribution in [3.8, 4) is 5.69 Å². The molecule has 0 fully saturated rings. The van der Waals surface area contributed by atoms with E-state index in [1.165, 1.54) is 42.1 Å². The van der Waals surface area contributed by atoms with Crippen LogP contribution in [0.1, 0.15) is 10.4 Å². The van der Waals surface area contributed by atoms with Crippen molar-refractivity contribution in [3.05, 3.63) is 71.5 Å². The van der Waals surface area contributed by atoms with Gasteiger partial charge in [0.25, 0.3) is 10.0 Å². The molecule has 0 bridgehead atoms. The Morgan fingerprint density at radius 1 is 1.19 bits per heavy atom. The van der Waals surface area contributed by atoms with E-state index in [-0.39, 0.29) is 16.1 Å². The Hall–Kier alpha value is -2.84. The Kier molecular flexibility index (Phi) is 4.97. The van der Waals surface area contributed by atoms with Crippen LogP contribution in [0, 0.1) is 0 Å². The van der Waals surface area contributed by atoms with Crippen molar-refractivity contribution in [2.45, 2.75) is 4.90 Å². The number of hydrogen-bond donors (Lipinski definition) is 1. The fraction of sp³-hybridized carbons (Fsp3) is 0.0588. The second kappa shape index (κ2) is 7.19. The molecule has 0 saturated heterocycles. The first-order valence-corrected chi connectivity index (χ1v) is 9.27. The second-order valence-corrected chi connectivity index (χ2v) is 7.36. The van der Waals surface area contributed by atoms with Crippen LogP contribution in [0.3, 0.4) is 0 Å². The van der Waals surface area contributed by atoms with Crippen LogP contribution in [0.5, 0.6) is 0 Å². The molecule has 134 valence electrons. The van der Waals surface area contributed by atoms with Gasteiger partial charge in [0.2, 0.25) is 0 Å². The smallest absolute Gasteiger partial charge is 0.337 e. The number of anilines is 1. The van der Waals surface area contributed by atoms with Gasteiger partial charge in [0.15, 0.2) is 0 Å². The summed E-state index contributed by atoms with van der Waals surface area (Å²) in [4.78, 5) is 11.6. The van der Waals surface area contributed by atoms with Crippen LogP contribution in [-0.2, 0) is 14.8 Å². The van der Waals surface area contributed by atoms with E-state index in [0.29, 0.717) is 10.7 Å². The van der Waals surface area contributed by atoms with Crippen molar-refractivity contribution in [1.82, 2.24) is 9.78 Å². The molecule has 1 heterocycles. The van der Waals surface area contributed by atoms with Gasteiger partial charge in [0.1, 0.15) is 0 Å². The molecule has 0 atom stereocenters. The van der Waals surface area contributed by atoms with Gasteiger partial charge >= 0.3 is 5.97 Å². The minimum atomic E-state index is -3.97. The highest BCUT2D eigenvalue weighted by atomic mass is 35.5. The number of sulfonamides is 1. The first-order valence-electron chi connectivity index (χ1n) is 7.41. The molecule has 0 unspecified atom stereocenters. The van der Waals surface area contributed by atoms with Crippen LogP contribution in [0.25, 0.3) is 5.69 Å². The Bertz CT molecular complexity index is 1050. The summed E-state index contributed by atoms with van der Waals surface area (Å²) in [6, 6.07) is 12.0. The summed E-state index contributed by atoms with van der Waals surface area (Å²) in [5.41, 5.74) is 0.894. The number of esters is 1. The van der Waals surface area contributed by atoms with Crippen LogP contribution in [-0.4, -0.2) is 31.3 Å². The molecule has 3 rings (SSSR count). The average molecular weight is 392 g/mol. The lowest BCUT2D eigenvalue weighted by Gasteiger charge is -2.13. The molecule has 0 aliphatic carbocycles. The predicted molar refractivity (Wildman–Crippen MR) is 97.2 cm³/mol. The van der Waals surface area contributed by atoms with Gasteiger partial charge in [0, 0.05) is 17.4 Å². The monoisotopic (exact) mass is 391 g/mol. The zero-order valence-corrected chi connectivity index (χ0v) is 15.2. The fourth-order valence-electron chi connectivity index (χ4n) is 2.31. The van der Waals surface area contributed by atoms with E-state index in [2.05, 4.69) is 14.6 Å². The van der Waals surface area contributed by atoms with Crippen molar-refractivity contribution >= 4 is 33.3 Å². The predicted octanol–water partition coefficient (Wildman–Crippen LogP) is 3.11. The third-order valence-corrected chi connectivity index (χ3v) is 5.12. The summed E-state index contributed by atoms with van der Waals surface area (Å²) in [7, 11) is -2.74. The van der Waals surface area contributed by atoms with E-state index in [4.69, 9.17) is 11.6 Å². The van der Waals surface area contributed by atoms with Gasteiger partial charge < -0.3 is 4.74 Å². The van der Waals surface area contributed by atoms with Gasteiger partial charge in [-0.3, -0.25) is 4.72 Å². The number of benzene rings is 2. The summed E-state index contributed by atoms with van der Waals surface area (Å²) < 4.78 is 34.2. The zero-order valence-electron chi connectivity index (χ0n) is 13.6. The van der Waals surface area contributed by atoms with Crippen LogP contribution in [0.4, 0.5) is 5.69 Å². The highest BCUT2D eigenvalue weighted by Crippen LogP contribution is 2.27. The normalized spacial score (nSPS) is 11.2. The Morgan fingerprint density at radius 3 is 2.69 bits per heavy atom. The van der Waals surface area contributed by atoms with E-state index in [0.717, 1.165) is 0 Å². The van der Waals surface area contributed by atoms with Crippen molar-refractivity contribution in [2.75, 3.05) is 11.8 Å². The first kappa shape index (κ1) is 18.0. The molecule has 0 spiro atoms. The number of hydrogen-bond acceptors (Lipinski definition) is 5. The van der Waals surface area contributed by atoms with E-state index in [1.807, 2.05) is 0 Å². The largest absolute Gasteiger partial charge is 0.465 e. The van der Waals surface area contributed by atoms with Crippen molar-refractivity contribution in [2.24, 2.45) is 0 Å². The first-order chi connectivity index (χ1) is 12.4. The zero-order chi connectivity index (χ0) is 18.7. The van der Waals surface area contributed by atoms with Gasteiger partial charge in [-0.25, -0.2) is 17.9 Å². The molecular formula is C17H14ClN3O4S. The van der Waals surface area contributed by atoms with Crippen molar-refractivity contribution in [3.63, 3.8) is 0 Å². The standard InChI is InChI=1S/C17H14ClN3O4S/c1-25-17(22)12-4-2-5-14(10-12)26(23,24)20-15-11-13(18)6-7-16(15)21-9-3-8-19-21/h2-11,20H,1H3. The third-order valence-electron chi connectivity index (χ3n) is 3.52. The summed E-state index contributed by atoms with van der Waals surface area (Å²) >= 11 is 6.01. The van der Waals surface area contributed by atoms with E-state index < -0.39 is 16.0 Å². The molecule has 26 heavy (non-hydrogen) atoms. The lowest BCUT2D eigenvalue weighted by molar-refractivity contribution is 0.0600. The molecule has 1 aromatic heterocycles. The highest BCUT2D eigenvalue weighted by Gasteiger charge is 2.19. The fourth-order valence-corrected chi connectivity index (χ4v) is 3.60. The minimum Gasteiger partial charge on any atom is -0.465 e. The number of nitrogens with one attached hydrogen (secondary N) is 1. The molecule has 0 amide bonds. The molecule has 1 N–H and O–H groups in total. The summed E-state index contributed by atoms with van der Waals surface area (Å²) in [5, 5.41) is 4.47. The van der Waals surface area contributed by atoms with Crippen molar-refractivity contribution in [1.29, 1.82) is 0 Å². The van der Waals surface area contributed by atoms with Gasteiger partial charge in [0.05, 0.1) is 28.9 Å². The van der Waals surface area contributed by atoms with E-state index in [9.17, 15) is 13.2 Å². The molecule has 9 heteroatoms. The molecule has 0 saturated carbocycles. The highest BCUT2D eigenvalue weighted by molar-refractivity contribution is 7.92. The molecule has 7 nitrogen and oxygen atoms in total. The summed E-state index contributed by atoms with van der Waals surface area (Å²) in [6.45, 7) is 0. The quantitative estimate of drug-likeness (QED) is 0.675. The minimum absolute atomic E-state index is 0.0770. The number of ether oxygens (including phenoxy) is 1. The molecule has 0 aliphatic heterocycles. The second-order valence-electron chi connectivity index (χ2n) is 5.24. The molecule has 2 aromatic carbocycles. The SMILES string of the molecule is COC(=O)c1cccc(S(=O)(=O)Nc2cc(Cl)ccc2-n2cccn2)c1. The molecule has 0 radical (unpaired) electrons. The van der Waals surface area contributed by atoms with Gasteiger partial charge in [-0.2, -0.15) is 5.10 Å². The number of methoxy groups -OCH3 is 1. The van der Waals surface area contributed by atoms with Crippen LogP contribution in [0.15, 0.2) is 65.8 Å². The Labute approximate surface area is 155 Å². The Morgan fingerprint density at radius 2 is 2.00 bits per heavy atom. The number of halogens is 1. The third kappa shape index (κ3) is 3.71. The summed E-state index contributed by atoms with van der Waals surface area (Å²) in [5.74, 6) is -0.623. The van der Waals surface area contributed by atoms with Crippen LogP contribution < -0.4 is 4.72 Å². The maximum absolute atomic E-state index is 12.8. The number of rotatable bonds is 5. The Balaban J connectivity index is 2.01. The van der Waals surface area contributed by atoms with Crippen LogP contribution >= 0.6 is 11.6 Å². The maximum atomic E-state index is 12.8. The lowest BCUT2D eigenvalue weighted by Crippen LogP contribution is -2.15. The van der Waals surface area contributed by atoms with Crippen LogP contribution in [0.2, 0.25) is 5.02 Å². The average Bonchev–Trinajstić information content (AvgIpc) is 3.15. The maximum Gasteiger partial charge on any atom is 0.337 e. The van der Waals surface area contributed by atoms with Gasteiger partial charge in [-0.05, 0) is 42.5 Å². The number of carbonyl (C=O) groups excluding carboxylic acids is 1. The molecule has 3 aromatic rings. The van der Waals surface area contributed by atoms with E-state index >= 15 is 0 Å². The topological polar surface area (TPSA) is 90.3 Å². The molecule has 0 aliphatic rings. The summed E-state index contributed by atoms with van der Waals surface area (Å²) in [6.07, 6.45) is 3.26. The van der Waals surface area contributed by atoms with Gasteiger partial charge in [-0.1, -0.05) is 17.7 Å². The van der Waals surface area contributed by atoms with Gasteiger partial charge in [-0.15, -0.1) is 0 Å². The number of aromatic nitrogens is 2. The number of nitrogens with zero attached hydrogens (tertiary/aromatic N) is 2. The lowest BCUT2D eigenvalue weighted by atomic mass is 10.2. The molecular weight excluding hydrogens is 378 g/mol. The van der Waals surface area contributed by atoms with Crippen molar-refractivity contribution < 1.29 is 17.9 Å². The number of carbonyl (C=O) groups is 1.